The van der Waals surface area contributed by atoms with Crippen LogP contribution in [0, 0.1) is 0 Å². The number of amides is 4. The first kappa shape index (κ1) is 20.1. The molecule has 0 spiro atoms. The second kappa shape index (κ2) is 9.46. The molecule has 0 aliphatic carbocycles. The molecule has 0 aromatic heterocycles. The fourth-order valence-corrected chi connectivity index (χ4v) is 2.52. The quantitative estimate of drug-likeness (QED) is 0.352. The van der Waals surface area contributed by atoms with Gasteiger partial charge >= 0.3 is 5.97 Å². The molecule has 1 aliphatic heterocycles. The summed E-state index contributed by atoms with van der Waals surface area (Å²) >= 11 is 0. The molecule has 1 heterocycles. The van der Waals surface area contributed by atoms with Gasteiger partial charge in [0.05, 0.1) is 24.2 Å². The number of hydrogen-bond donors (Lipinski definition) is 2. The van der Waals surface area contributed by atoms with E-state index in [2.05, 4.69) is 10.6 Å². The van der Waals surface area contributed by atoms with Crippen LogP contribution in [-0.4, -0.2) is 60.7 Å². The van der Waals surface area contributed by atoms with Gasteiger partial charge < -0.3 is 15.4 Å². The highest BCUT2D eigenvalue weighted by atomic mass is 16.5. The Balaban J connectivity index is 1.67. The van der Waals surface area contributed by atoms with Crippen LogP contribution >= 0.6 is 0 Å². The zero-order valence-electron chi connectivity index (χ0n) is 14.9. The van der Waals surface area contributed by atoms with Crippen molar-refractivity contribution in [2.45, 2.75) is 19.8 Å². The van der Waals surface area contributed by atoms with Crippen LogP contribution in [0.5, 0.6) is 0 Å². The van der Waals surface area contributed by atoms with Gasteiger partial charge in [0.2, 0.25) is 11.8 Å². The van der Waals surface area contributed by atoms with Gasteiger partial charge in [0, 0.05) is 19.5 Å². The third-order valence-corrected chi connectivity index (χ3v) is 3.81. The number of hydrogen-bond acceptors (Lipinski definition) is 6. The van der Waals surface area contributed by atoms with Gasteiger partial charge in [-0.15, -0.1) is 0 Å². The van der Waals surface area contributed by atoms with E-state index in [-0.39, 0.29) is 56.1 Å². The number of esters is 1. The summed E-state index contributed by atoms with van der Waals surface area (Å²) in [6, 6.07) is 6.38. The van der Waals surface area contributed by atoms with Crippen LogP contribution in [0.4, 0.5) is 0 Å². The minimum Gasteiger partial charge on any atom is -0.466 e. The van der Waals surface area contributed by atoms with Crippen LogP contribution in [0.2, 0.25) is 0 Å². The molecule has 27 heavy (non-hydrogen) atoms. The molecule has 2 N–H and O–H groups in total. The molecule has 2 rings (SSSR count). The Kier molecular flexibility index (Phi) is 7.04. The minimum atomic E-state index is -0.509. The van der Waals surface area contributed by atoms with E-state index in [4.69, 9.17) is 4.74 Å². The number of rotatable bonds is 9. The van der Waals surface area contributed by atoms with Crippen LogP contribution in [0.3, 0.4) is 0 Å². The zero-order valence-corrected chi connectivity index (χ0v) is 14.9. The summed E-state index contributed by atoms with van der Waals surface area (Å²) in [7, 11) is 0. The molecule has 9 heteroatoms. The molecule has 0 saturated carbocycles. The summed E-state index contributed by atoms with van der Waals surface area (Å²) in [5, 5.41) is 5.08. The summed E-state index contributed by atoms with van der Waals surface area (Å²) in [4.78, 5) is 59.9. The van der Waals surface area contributed by atoms with Gasteiger partial charge in [-0.3, -0.25) is 28.9 Å². The van der Waals surface area contributed by atoms with E-state index >= 15 is 0 Å². The second-order valence-corrected chi connectivity index (χ2v) is 5.75. The average Bonchev–Trinajstić information content (AvgIpc) is 2.89. The molecule has 0 saturated heterocycles. The van der Waals surface area contributed by atoms with Gasteiger partial charge in [0.25, 0.3) is 11.8 Å². The highest BCUT2D eigenvalue weighted by Gasteiger charge is 2.36. The van der Waals surface area contributed by atoms with Crippen molar-refractivity contribution in [3.8, 4) is 0 Å². The number of imide groups is 1. The molecule has 1 aromatic rings. The predicted octanol–water partition coefficient (Wildman–Crippen LogP) is -0.142. The lowest BCUT2D eigenvalue weighted by Gasteiger charge is -2.13. The lowest BCUT2D eigenvalue weighted by atomic mass is 10.1. The monoisotopic (exact) mass is 375 g/mol. The third-order valence-electron chi connectivity index (χ3n) is 3.81. The fourth-order valence-electron chi connectivity index (χ4n) is 2.52. The van der Waals surface area contributed by atoms with Crippen molar-refractivity contribution in [2.24, 2.45) is 0 Å². The third kappa shape index (κ3) is 5.37. The van der Waals surface area contributed by atoms with Crippen LogP contribution in [0.15, 0.2) is 24.3 Å². The Morgan fingerprint density at radius 2 is 1.48 bits per heavy atom. The number of nitrogens with zero attached hydrogens (tertiary/aromatic N) is 1. The molecule has 0 unspecified atom stereocenters. The number of carbonyl (C=O) groups excluding carboxylic acids is 5. The Morgan fingerprint density at radius 1 is 0.926 bits per heavy atom. The van der Waals surface area contributed by atoms with Gasteiger partial charge in [-0.05, 0) is 19.1 Å². The molecule has 1 aromatic carbocycles. The molecule has 144 valence electrons. The normalized spacial score (nSPS) is 12.6. The minimum absolute atomic E-state index is 0.00181. The van der Waals surface area contributed by atoms with Gasteiger partial charge in [-0.2, -0.15) is 0 Å². The van der Waals surface area contributed by atoms with Crippen LogP contribution in [0.1, 0.15) is 40.5 Å². The predicted molar refractivity (Wildman–Crippen MR) is 93.7 cm³/mol. The average molecular weight is 375 g/mol. The van der Waals surface area contributed by atoms with Gasteiger partial charge in [0.15, 0.2) is 0 Å². The molecule has 1 aliphatic rings. The summed E-state index contributed by atoms with van der Waals surface area (Å²) in [5.74, 6) is -2.29. The summed E-state index contributed by atoms with van der Waals surface area (Å²) < 4.78 is 4.72. The Morgan fingerprint density at radius 3 is 2.04 bits per heavy atom. The number of benzene rings is 1. The highest BCUT2D eigenvalue weighted by molar-refractivity contribution is 6.22. The maximum Gasteiger partial charge on any atom is 0.306 e. The maximum atomic E-state index is 12.2. The maximum absolute atomic E-state index is 12.2. The van der Waals surface area contributed by atoms with Crippen LogP contribution in [-0.2, 0) is 19.1 Å². The molecular weight excluding hydrogens is 354 g/mol. The molecular formula is C18H21N3O6. The van der Waals surface area contributed by atoms with Crippen molar-refractivity contribution in [2.75, 3.05) is 26.2 Å². The molecule has 0 bridgehead atoms. The van der Waals surface area contributed by atoms with Crippen molar-refractivity contribution in [3.63, 3.8) is 0 Å². The Labute approximate surface area is 156 Å². The van der Waals surface area contributed by atoms with E-state index in [0.717, 1.165) is 4.90 Å². The standard InChI is InChI=1S/C18H21N3O6/c1-2-27-16(24)8-7-14(22)19-9-10-20-15(23)11-21-17(25)12-5-3-4-6-13(12)18(21)26/h3-6H,2,7-11H2,1H3,(H,19,22)(H,20,23). The van der Waals surface area contributed by atoms with Gasteiger partial charge in [-0.25, -0.2) is 0 Å². The molecule has 0 fully saturated rings. The van der Waals surface area contributed by atoms with E-state index in [1.807, 2.05) is 0 Å². The number of carbonyl (C=O) groups is 5. The van der Waals surface area contributed by atoms with Crippen molar-refractivity contribution >= 4 is 29.6 Å². The van der Waals surface area contributed by atoms with Crippen LogP contribution < -0.4 is 10.6 Å². The summed E-state index contributed by atoms with van der Waals surface area (Å²) in [6.07, 6.45) is -0.00635. The van der Waals surface area contributed by atoms with E-state index < -0.39 is 23.7 Å². The van der Waals surface area contributed by atoms with Crippen molar-refractivity contribution < 1.29 is 28.7 Å². The van der Waals surface area contributed by atoms with Crippen molar-refractivity contribution in [3.05, 3.63) is 35.4 Å². The van der Waals surface area contributed by atoms with Gasteiger partial charge in [-0.1, -0.05) is 12.1 Å². The lowest BCUT2D eigenvalue weighted by molar-refractivity contribution is -0.144. The van der Waals surface area contributed by atoms with E-state index in [9.17, 15) is 24.0 Å². The molecule has 0 radical (unpaired) electrons. The topological polar surface area (TPSA) is 122 Å². The second-order valence-electron chi connectivity index (χ2n) is 5.75. The number of nitrogens with one attached hydrogen (secondary N) is 2. The first-order valence-electron chi connectivity index (χ1n) is 8.58. The fraction of sp³-hybridized carbons (Fsp3) is 0.389. The largest absolute Gasteiger partial charge is 0.466 e. The van der Waals surface area contributed by atoms with Gasteiger partial charge in [0.1, 0.15) is 6.54 Å². The lowest BCUT2D eigenvalue weighted by Crippen LogP contribution is -2.42. The smallest absolute Gasteiger partial charge is 0.306 e. The molecule has 9 nitrogen and oxygen atoms in total. The van der Waals surface area contributed by atoms with Crippen molar-refractivity contribution in [1.29, 1.82) is 0 Å². The Bertz CT molecular complexity index is 726. The van der Waals surface area contributed by atoms with Crippen LogP contribution in [0.25, 0.3) is 0 Å². The Hall–Kier alpha value is -3.23. The number of fused-ring (bicyclic) bond motifs is 1. The summed E-state index contributed by atoms with van der Waals surface area (Å²) in [6.45, 7) is 1.86. The first-order valence-corrected chi connectivity index (χ1v) is 8.58. The first-order chi connectivity index (χ1) is 12.9. The molecule has 4 amide bonds. The zero-order chi connectivity index (χ0) is 19.8. The number of ether oxygens (including phenoxy) is 1. The molecule has 0 atom stereocenters. The van der Waals surface area contributed by atoms with E-state index in [1.165, 1.54) is 0 Å². The van der Waals surface area contributed by atoms with Crippen molar-refractivity contribution in [1.82, 2.24) is 15.5 Å². The highest BCUT2D eigenvalue weighted by Crippen LogP contribution is 2.21. The SMILES string of the molecule is CCOC(=O)CCC(=O)NCCNC(=O)CN1C(=O)c2ccccc2C1=O. The van der Waals surface area contributed by atoms with E-state index in [0.29, 0.717) is 0 Å². The summed E-state index contributed by atoms with van der Waals surface area (Å²) in [5.41, 5.74) is 0.563. The van der Waals surface area contributed by atoms with E-state index in [1.54, 1.807) is 31.2 Å².